The third kappa shape index (κ3) is 8.57. The minimum absolute atomic E-state index is 0.315. The monoisotopic (exact) mass is 229 g/mol. The molecule has 3 nitrogen and oxygen atoms in total. The third-order valence-electron chi connectivity index (χ3n) is 2.64. The van der Waals surface area contributed by atoms with Gasteiger partial charge in [-0.3, -0.25) is 0 Å². The molecular weight excluding hydrogens is 202 g/mol. The minimum atomic E-state index is -0.407. The van der Waals surface area contributed by atoms with Gasteiger partial charge < -0.3 is 10.1 Å². The van der Waals surface area contributed by atoms with Crippen molar-refractivity contribution in [3.8, 4) is 0 Å². The molecule has 16 heavy (non-hydrogen) atoms. The van der Waals surface area contributed by atoms with E-state index in [1.165, 1.54) is 0 Å². The van der Waals surface area contributed by atoms with Crippen LogP contribution in [0.4, 0.5) is 4.79 Å². The van der Waals surface area contributed by atoms with Gasteiger partial charge >= 0.3 is 6.09 Å². The van der Waals surface area contributed by atoms with Gasteiger partial charge in [-0.05, 0) is 45.4 Å². The number of hydrogen-bond acceptors (Lipinski definition) is 2. The van der Waals surface area contributed by atoms with Gasteiger partial charge in [-0.25, -0.2) is 4.79 Å². The van der Waals surface area contributed by atoms with Gasteiger partial charge in [0.05, 0.1) is 0 Å². The molecule has 0 aromatic carbocycles. The maximum atomic E-state index is 11.3. The lowest BCUT2D eigenvalue weighted by atomic mass is 9.93. The molecule has 0 unspecified atom stereocenters. The molecule has 1 atom stereocenters. The van der Waals surface area contributed by atoms with Crippen LogP contribution in [0.15, 0.2) is 0 Å². The van der Waals surface area contributed by atoms with E-state index in [4.69, 9.17) is 4.74 Å². The number of alkyl carbamates (subject to hydrolysis) is 1. The maximum absolute atomic E-state index is 11.3. The van der Waals surface area contributed by atoms with Gasteiger partial charge in [0.25, 0.3) is 0 Å². The van der Waals surface area contributed by atoms with Crippen LogP contribution in [0.3, 0.4) is 0 Å². The van der Waals surface area contributed by atoms with E-state index in [0.717, 1.165) is 12.8 Å². The van der Waals surface area contributed by atoms with Crippen LogP contribution in [0.25, 0.3) is 0 Å². The summed E-state index contributed by atoms with van der Waals surface area (Å²) in [5.74, 6) is 1.42. The summed E-state index contributed by atoms with van der Waals surface area (Å²) in [5.41, 5.74) is -0.407. The largest absolute Gasteiger partial charge is 0.444 e. The number of carbonyl (C=O) groups excluding carboxylic acids is 1. The van der Waals surface area contributed by atoms with Crippen LogP contribution >= 0.6 is 0 Å². The van der Waals surface area contributed by atoms with Gasteiger partial charge in [0.15, 0.2) is 0 Å². The second-order valence-corrected chi connectivity index (χ2v) is 5.79. The Morgan fingerprint density at radius 2 is 1.81 bits per heavy atom. The highest BCUT2D eigenvalue weighted by Crippen LogP contribution is 2.15. The maximum Gasteiger partial charge on any atom is 0.407 e. The van der Waals surface area contributed by atoms with Gasteiger partial charge in [-0.2, -0.15) is 0 Å². The van der Waals surface area contributed by atoms with Crippen LogP contribution in [0.1, 0.15) is 54.4 Å². The van der Waals surface area contributed by atoms with Crippen LogP contribution < -0.4 is 5.32 Å². The fourth-order valence-corrected chi connectivity index (χ4v) is 1.26. The molecule has 1 amide bonds. The summed E-state index contributed by atoms with van der Waals surface area (Å²) >= 11 is 0. The van der Waals surface area contributed by atoms with Crippen molar-refractivity contribution >= 4 is 6.09 Å². The number of hydrogen-bond donors (Lipinski definition) is 1. The number of nitrogens with one attached hydrogen (secondary N) is 1. The summed E-state index contributed by atoms with van der Waals surface area (Å²) in [6, 6.07) is 0. The molecule has 3 heteroatoms. The van der Waals surface area contributed by atoms with E-state index in [9.17, 15) is 4.79 Å². The topological polar surface area (TPSA) is 38.3 Å². The highest BCUT2D eigenvalue weighted by Gasteiger charge is 2.15. The third-order valence-corrected chi connectivity index (χ3v) is 2.64. The molecular formula is C13H27NO2. The standard InChI is InChI=1S/C13H27NO2/c1-10(2)11(3)8-7-9-14-12(15)16-13(4,5)6/h10-11H,7-9H2,1-6H3,(H,14,15)/t11-/m1/s1. The first-order valence-electron chi connectivity index (χ1n) is 6.19. The average Bonchev–Trinajstić information content (AvgIpc) is 2.08. The van der Waals surface area contributed by atoms with Crippen molar-refractivity contribution in [2.75, 3.05) is 6.54 Å². The number of rotatable bonds is 5. The molecule has 0 aromatic heterocycles. The summed E-state index contributed by atoms with van der Waals surface area (Å²) in [4.78, 5) is 11.3. The van der Waals surface area contributed by atoms with Crippen molar-refractivity contribution < 1.29 is 9.53 Å². The van der Waals surface area contributed by atoms with Crippen LogP contribution in [-0.4, -0.2) is 18.2 Å². The van der Waals surface area contributed by atoms with Crippen LogP contribution in [0.5, 0.6) is 0 Å². The highest BCUT2D eigenvalue weighted by atomic mass is 16.6. The van der Waals surface area contributed by atoms with E-state index >= 15 is 0 Å². The van der Waals surface area contributed by atoms with Gasteiger partial charge in [0.1, 0.15) is 5.60 Å². The molecule has 0 heterocycles. The molecule has 0 bridgehead atoms. The van der Waals surface area contributed by atoms with Crippen molar-refractivity contribution in [1.29, 1.82) is 0 Å². The van der Waals surface area contributed by atoms with E-state index in [0.29, 0.717) is 18.4 Å². The first kappa shape index (κ1) is 15.3. The zero-order valence-electron chi connectivity index (χ0n) is 11.6. The van der Waals surface area contributed by atoms with Crippen molar-refractivity contribution in [2.45, 2.75) is 60.0 Å². The lowest BCUT2D eigenvalue weighted by molar-refractivity contribution is 0.0526. The highest BCUT2D eigenvalue weighted by molar-refractivity contribution is 5.67. The smallest absolute Gasteiger partial charge is 0.407 e. The molecule has 0 radical (unpaired) electrons. The van der Waals surface area contributed by atoms with Gasteiger partial charge in [-0.15, -0.1) is 0 Å². The Bertz CT molecular complexity index is 206. The Hall–Kier alpha value is -0.730. The minimum Gasteiger partial charge on any atom is -0.444 e. The van der Waals surface area contributed by atoms with Crippen LogP contribution in [0, 0.1) is 11.8 Å². The van der Waals surface area contributed by atoms with Gasteiger partial charge in [0.2, 0.25) is 0 Å². The van der Waals surface area contributed by atoms with E-state index < -0.39 is 5.60 Å². The summed E-state index contributed by atoms with van der Waals surface area (Å²) < 4.78 is 5.14. The number of amides is 1. The predicted octanol–water partition coefficient (Wildman–Crippen LogP) is 3.58. The Morgan fingerprint density at radius 3 is 2.25 bits per heavy atom. The van der Waals surface area contributed by atoms with Crippen molar-refractivity contribution in [3.63, 3.8) is 0 Å². The molecule has 0 aliphatic heterocycles. The lowest BCUT2D eigenvalue weighted by Gasteiger charge is -2.20. The van der Waals surface area contributed by atoms with Crippen molar-refractivity contribution in [2.24, 2.45) is 11.8 Å². The van der Waals surface area contributed by atoms with E-state index in [1.807, 2.05) is 20.8 Å². The van der Waals surface area contributed by atoms with Crippen molar-refractivity contribution in [1.82, 2.24) is 5.32 Å². The first-order valence-corrected chi connectivity index (χ1v) is 6.19. The molecule has 0 aromatic rings. The molecule has 0 spiro atoms. The molecule has 0 rings (SSSR count). The fourth-order valence-electron chi connectivity index (χ4n) is 1.26. The number of ether oxygens (including phenoxy) is 1. The molecule has 1 N–H and O–H groups in total. The molecule has 96 valence electrons. The molecule has 0 aliphatic carbocycles. The Balaban J connectivity index is 3.56. The number of carbonyl (C=O) groups is 1. The second kappa shape index (κ2) is 6.77. The molecule has 0 fully saturated rings. The lowest BCUT2D eigenvalue weighted by Crippen LogP contribution is -2.33. The fraction of sp³-hybridized carbons (Fsp3) is 0.923. The van der Waals surface area contributed by atoms with Gasteiger partial charge in [-0.1, -0.05) is 20.8 Å². The molecule has 0 aliphatic rings. The van der Waals surface area contributed by atoms with Crippen LogP contribution in [-0.2, 0) is 4.74 Å². The SMILES string of the molecule is CC(C)[C@H](C)CCCNC(=O)OC(C)(C)C. The predicted molar refractivity (Wildman–Crippen MR) is 67.5 cm³/mol. The first-order chi connectivity index (χ1) is 7.22. The van der Waals surface area contributed by atoms with E-state index in [2.05, 4.69) is 26.1 Å². The van der Waals surface area contributed by atoms with E-state index in [-0.39, 0.29) is 6.09 Å². The van der Waals surface area contributed by atoms with Gasteiger partial charge in [0, 0.05) is 6.54 Å². The Labute approximate surface area is 99.9 Å². The Morgan fingerprint density at radius 1 is 1.25 bits per heavy atom. The summed E-state index contributed by atoms with van der Waals surface area (Å²) in [6.45, 7) is 13.0. The second-order valence-electron chi connectivity index (χ2n) is 5.79. The van der Waals surface area contributed by atoms with E-state index in [1.54, 1.807) is 0 Å². The molecule has 0 saturated heterocycles. The molecule has 0 saturated carbocycles. The van der Waals surface area contributed by atoms with Crippen molar-refractivity contribution in [3.05, 3.63) is 0 Å². The van der Waals surface area contributed by atoms with Crippen LogP contribution in [0.2, 0.25) is 0 Å². The summed E-state index contributed by atoms with van der Waals surface area (Å²) in [7, 11) is 0. The Kier molecular flexibility index (Phi) is 6.46. The average molecular weight is 229 g/mol. The zero-order chi connectivity index (χ0) is 12.8. The summed E-state index contributed by atoms with van der Waals surface area (Å²) in [6.07, 6.45) is 1.84. The normalized spacial score (nSPS) is 13.7. The zero-order valence-corrected chi connectivity index (χ0v) is 11.6. The quantitative estimate of drug-likeness (QED) is 0.732. The summed E-state index contributed by atoms with van der Waals surface area (Å²) in [5, 5.41) is 2.77.